The number of piperidine rings is 1. The highest BCUT2D eigenvalue weighted by molar-refractivity contribution is 5.95. The van der Waals surface area contributed by atoms with E-state index < -0.39 is 18.2 Å². The SMILES string of the molecule is COC(=O)CC(=O)CC(O)CC1CCCCN1C(=O)OCc1ccccc1. The number of carbonyl (C=O) groups excluding carboxylic acids is 3. The molecule has 0 aromatic heterocycles. The quantitative estimate of drug-likeness (QED) is 0.552. The number of aliphatic hydroxyl groups excluding tert-OH is 1. The lowest BCUT2D eigenvalue weighted by Gasteiger charge is -2.36. The number of esters is 1. The number of methoxy groups -OCH3 is 1. The second-order valence-electron chi connectivity index (χ2n) is 6.77. The number of ether oxygens (including phenoxy) is 2. The van der Waals surface area contributed by atoms with Crippen LogP contribution in [0.3, 0.4) is 0 Å². The van der Waals surface area contributed by atoms with Gasteiger partial charge in [-0.3, -0.25) is 9.59 Å². The molecule has 1 N–H and O–H groups in total. The molecule has 0 saturated carbocycles. The van der Waals surface area contributed by atoms with Crippen LogP contribution >= 0.6 is 0 Å². The fraction of sp³-hybridized carbons (Fsp3) is 0.550. The number of rotatable bonds is 8. The van der Waals surface area contributed by atoms with Gasteiger partial charge in [0, 0.05) is 19.0 Å². The molecular formula is C20H27NO6. The van der Waals surface area contributed by atoms with Crippen LogP contribution in [-0.2, 0) is 25.7 Å². The molecule has 1 amide bonds. The highest BCUT2D eigenvalue weighted by atomic mass is 16.6. The lowest BCUT2D eigenvalue weighted by atomic mass is 9.95. The van der Waals surface area contributed by atoms with Gasteiger partial charge in [0.25, 0.3) is 0 Å². The van der Waals surface area contributed by atoms with Crippen LogP contribution in [0, 0.1) is 0 Å². The number of carbonyl (C=O) groups is 3. The van der Waals surface area contributed by atoms with Crippen LogP contribution in [0.15, 0.2) is 30.3 Å². The predicted octanol–water partition coefficient (Wildman–Crippen LogP) is 2.45. The average Bonchev–Trinajstić information content (AvgIpc) is 2.67. The number of Topliss-reactive ketones (excluding diaryl/α,β-unsaturated/α-hetero) is 1. The van der Waals surface area contributed by atoms with Crippen LogP contribution in [0.4, 0.5) is 4.79 Å². The van der Waals surface area contributed by atoms with Gasteiger partial charge >= 0.3 is 12.1 Å². The fourth-order valence-corrected chi connectivity index (χ4v) is 3.25. The Labute approximate surface area is 159 Å². The molecule has 148 valence electrons. The zero-order valence-corrected chi connectivity index (χ0v) is 15.6. The minimum absolute atomic E-state index is 0.126. The third-order valence-corrected chi connectivity index (χ3v) is 4.64. The van der Waals surface area contributed by atoms with Crippen LogP contribution in [-0.4, -0.2) is 53.7 Å². The van der Waals surface area contributed by atoms with Crippen LogP contribution < -0.4 is 0 Å². The summed E-state index contributed by atoms with van der Waals surface area (Å²) in [5.74, 6) is -0.987. The van der Waals surface area contributed by atoms with E-state index in [1.54, 1.807) is 4.90 Å². The van der Waals surface area contributed by atoms with E-state index in [1.807, 2.05) is 30.3 Å². The number of nitrogens with zero attached hydrogens (tertiary/aromatic N) is 1. The molecule has 1 heterocycles. The Balaban J connectivity index is 1.85. The van der Waals surface area contributed by atoms with E-state index in [4.69, 9.17) is 4.74 Å². The number of aliphatic hydroxyl groups is 1. The van der Waals surface area contributed by atoms with Crippen molar-refractivity contribution in [1.82, 2.24) is 4.90 Å². The van der Waals surface area contributed by atoms with Crippen molar-refractivity contribution in [3.8, 4) is 0 Å². The van der Waals surface area contributed by atoms with E-state index in [-0.39, 0.29) is 37.7 Å². The Morgan fingerprint density at radius 3 is 2.67 bits per heavy atom. The molecule has 2 unspecified atom stereocenters. The van der Waals surface area contributed by atoms with E-state index in [2.05, 4.69) is 4.74 Å². The summed E-state index contributed by atoms with van der Waals surface area (Å²) in [5.41, 5.74) is 0.910. The monoisotopic (exact) mass is 377 g/mol. The maximum absolute atomic E-state index is 12.5. The molecule has 2 rings (SSSR count). The number of likely N-dealkylation sites (tertiary alicyclic amines) is 1. The van der Waals surface area contributed by atoms with Crippen molar-refractivity contribution in [3.05, 3.63) is 35.9 Å². The van der Waals surface area contributed by atoms with Crippen LogP contribution in [0.25, 0.3) is 0 Å². The molecule has 7 heteroatoms. The zero-order valence-electron chi connectivity index (χ0n) is 15.6. The lowest BCUT2D eigenvalue weighted by Crippen LogP contribution is -2.45. The Hall–Kier alpha value is -2.41. The Kier molecular flexibility index (Phi) is 8.26. The molecule has 1 saturated heterocycles. The summed E-state index contributed by atoms with van der Waals surface area (Å²) >= 11 is 0. The Morgan fingerprint density at radius 1 is 1.22 bits per heavy atom. The van der Waals surface area contributed by atoms with E-state index >= 15 is 0 Å². The van der Waals surface area contributed by atoms with E-state index in [0.29, 0.717) is 6.54 Å². The number of amides is 1. The molecule has 1 fully saturated rings. The first-order valence-corrected chi connectivity index (χ1v) is 9.23. The van der Waals surface area contributed by atoms with Crippen molar-refractivity contribution in [2.75, 3.05) is 13.7 Å². The number of hydrogen-bond donors (Lipinski definition) is 1. The van der Waals surface area contributed by atoms with E-state index in [1.165, 1.54) is 7.11 Å². The molecule has 0 bridgehead atoms. The largest absolute Gasteiger partial charge is 0.469 e. The lowest BCUT2D eigenvalue weighted by molar-refractivity contribution is -0.143. The van der Waals surface area contributed by atoms with Gasteiger partial charge in [-0.2, -0.15) is 0 Å². The van der Waals surface area contributed by atoms with E-state index in [0.717, 1.165) is 24.8 Å². The standard InChI is InChI=1S/C20H27NO6/c1-26-19(24)13-18(23)12-17(22)11-16-9-5-6-10-21(16)20(25)27-14-15-7-3-2-4-8-15/h2-4,7-8,16-17,22H,5-6,9-14H2,1H3. The van der Waals surface area contributed by atoms with Crippen molar-refractivity contribution in [2.24, 2.45) is 0 Å². The highest BCUT2D eigenvalue weighted by Crippen LogP contribution is 2.23. The molecule has 0 aliphatic carbocycles. The summed E-state index contributed by atoms with van der Waals surface area (Å²) in [6, 6.07) is 9.26. The molecule has 1 aromatic rings. The molecule has 27 heavy (non-hydrogen) atoms. The number of hydrogen-bond acceptors (Lipinski definition) is 6. The molecule has 0 radical (unpaired) electrons. The number of benzene rings is 1. The van der Waals surface area contributed by atoms with Crippen LogP contribution in [0.2, 0.25) is 0 Å². The summed E-state index contributed by atoms with van der Waals surface area (Å²) in [4.78, 5) is 37.0. The summed E-state index contributed by atoms with van der Waals surface area (Å²) < 4.78 is 9.86. The first kappa shape index (κ1) is 20.9. The first-order valence-electron chi connectivity index (χ1n) is 9.23. The molecule has 1 aromatic carbocycles. The van der Waals surface area contributed by atoms with Crippen LogP contribution in [0.1, 0.15) is 44.1 Å². The Morgan fingerprint density at radius 2 is 1.96 bits per heavy atom. The minimum atomic E-state index is -0.908. The van der Waals surface area contributed by atoms with Gasteiger partial charge in [0.1, 0.15) is 18.8 Å². The molecule has 7 nitrogen and oxygen atoms in total. The first-order chi connectivity index (χ1) is 13.0. The molecule has 2 atom stereocenters. The van der Waals surface area contributed by atoms with Gasteiger partial charge in [-0.15, -0.1) is 0 Å². The third kappa shape index (κ3) is 7.02. The maximum Gasteiger partial charge on any atom is 0.410 e. The minimum Gasteiger partial charge on any atom is -0.469 e. The van der Waals surface area contributed by atoms with Gasteiger partial charge in [0.05, 0.1) is 13.2 Å². The van der Waals surface area contributed by atoms with Crippen LogP contribution in [0.5, 0.6) is 0 Å². The van der Waals surface area contributed by atoms with Gasteiger partial charge < -0.3 is 19.5 Å². The molecule has 0 spiro atoms. The predicted molar refractivity (Wildman–Crippen MR) is 97.9 cm³/mol. The van der Waals surface area contributed by atoms with Gasteiger partial charge in [-0.25, -0.2) is 4.79 Å². The second kappa shape index (κ2) is 10.7. The summed E-state index contributed by atoms with van der Waals surface area (Å²) in [7, 11) is 1.22. The van der Waals surface area contributed by atoms with Gasteiger partial charge in [0.15, 0.2) is 0 Å². The molecular weight excluding hydrogens is 350 g/mol. The normalized spacial score (nSPS) is 17.9. The summed E-state index contributed by atoms with van der Waals surface area (Å²) in [6.07, 6.45) is 1.09. The van der Waals surface area contributed by atoms with Crippen molar-refractivity contribution < 1.29 is 29.0 Å². The average molecular weight is 377 g/mol. The van der Waals surface area contributed by atoms with Gasteiger partial charge in [-0.1, -0.05) is 30.3 Å². The molecule has 1 aliphatic rings. The molecule has 1 aliphatic heterocycles. The van der Waals surface area contributed by atoms with E-state index in [9.17, 15) is 19.5 Å². The highest BCUT2D eigenvalue weighted by Gasteiger charge is 2.30. The van der Waals surface area contributed by atoms with Crippen molar-refractivity contribution in [3.63, 3.8) is 0 Å². The van der Waals surface area contributed by atoms with Crippen molar-refractivity contribution in [1.29, 1.82) is 0 Å². The fourth-order valence-electron chi connectivity index (χ4n) is 3.25. The maximum atomic E-state index is 12.5. The van der Waals surface area contributed by atoms with Gasteiger partial charge in [-0.05, 0) is 31.2 Å². The third-order valence-electron chi connectivity index (χ3n) is 4.64. The smallest absolute Gasteiger partial charge is 0.410 e. The second-order valence-corrected chi connectivity index (χ2v) is 6.77. The van der Waals surface area contributed by atoms with Gasteiger partial charge in [0.2, 0.25) is 0 Å². The Bertz CT molecular complexity index is 633. The topological polar surface area (TPSA) is 93.1 Å². The van der Waals surface area contributed by atoms with Crippen molar-refractivity contribution in [2.45, 2.75) is 57.3 Å². The zero-order chi connectivity index (χ0) is 19.6. The number of ketones is 1. The summed E-state index contributed by atoms with van der Waals surface area (Å²) in [6.45, 7) is 0.768. The van der Waals surface area contributed by atoms with Crippen molar-refractivity contribution >= 4 is 17.8 Å². The summed E-state index contributed by atoms with van der Waals surface area (Å²) in [5, 5.41) is 10.2.